The Bertz CT molecular complexity index is 1200. The Labute approximate surface area is 237 Å². The molecule has 5 heteroatoms. The summed E-state index contributed by atoms with van der Waals surface area (Å²) in [4.78, 5) is 11.9. The standard InChI is InChI=1S/C20H32N4.C14H19N/c1-3-4-19-15-20(22-16-17(19)2)24-11-6-18(7-12-24)5-10-23-13-8-21-9-14-23;1-6-12-8-7-9-14(15(4)5)13(12)10-11(2)3/h3-4,15-16,18,21H,5-14H2,1-2H3;6-10H,2H2,1,3-5H3/b4-3-;12-6-,13-10+. The van der Waals surface area contributed by atoms with Crippen molar-refractivity contribution >= 4 is 29.7 Å². The number of aryl methyl sites for hydroxylation is 1. The number of pyridine rings is 1. The molecule has 2 aromatic rings. The van der Waals surface area contributed by atoms with E-state index in [1.807, 2.05) is 13.1 Å². The predicted molar refractivity (Wildman–Crippen MR) is 172 cm³/mol. The Morgan fingerprint density at radius 2 is 1.85 bits per heavy atom. The minimum Gasteiger partial charge on any atom is -0.377 e. The van der Waals surface area contributed by atoms with Crippen LogP contribution in [0.3, 0.4) is 0 Å². The summed E-state index contributed by atoms with van der Waals surface area (Å²) in [5.74, 6) is 2.03. The summed E-state index contributed by atoms with van der Waals surface area (Å²) in [7, 11) is 4.12. The van der Waals surface area contributed by atoms with Crippen molar-refractivity contribution in [2.45, 2.75) is 47.0 Å². The van der Waals surface area contributed by atoms with E-state index in [0.29, 0.717) is 0 Å². The van der Waals surface area contributed by atoms with E-state index in [-0.39, 0.29) is 0 Å². The molecule has 0 atom stereocenters. The fourth-order valence-electron chi connectivity index (χ4n) is 5.43. The van der Waals surface area contributed by atoms with Gasteiger partial charge in [-0.3, -0.25) is 0 Å². The maximum atomic E-state index is 4.67. The molecular weight excluding hydrogens is 478 g/mol. The van der Waals surface area contributed by atoms with Gasteiger partial charge >= 0.3 is 0 Å². The van der Waals surface area contributed by atoms with Crippen molar-refractivity contribution in [3.8, 4) is 0 Å². The van der Waals surface area contributed by atoms with Gasteiger partial charge in [0.05, 0.1) is 0 Å². The molecule has 1 N–H and O–H groups in total. The number of anilines is 2. The van der Waals surface area contributed by atoms with E-state index in [4.69, 9.17) is 0 Å². The van der Waals surface area contributed by atoms with Crippen molar-refractivity contribution in [2.75, 3.05) is 69.7 Å². The van der Waals surface area contributed by atoms with E-state index in [9.17, 15) is 0 Å². The Morgan fingerprint density at radius 3 is 2.46 bits per heavy atom. The monoisotopic (exact) mass is 529 g/mol. The number of piperazine rings is 1. The number of rotatable bonds is 7. The third-order valence-electron chi connectivity index (χ3n) is 7.78. The summed E-state index contributed by atoms with van der Waals surface area (Å²) in [5.41, 5.74) is 4.85. The first-order chi connectivity index (χ1) is 18.8. The molecule has 1 aromatic heterocycles. The molecule has 0 aliphatic carbocycles. The smallest absolute Gasteiger partial charge is 0.129 e. The second-order valence-electron chi connectivity index (χ2n) is 11.2. The minimum absolute atomic E-state index is 0.886. The maximum absolute atomic E-state index is 4.67. The minimum atomic E-state index is 0.886. The molecule has 0 radical (unpaired) electrons. The molecule has 5 nitrogen and oxygen atoms in total. The fraction of sp³-hybridized carbons (Fsp3) is 0.500. The van der Waals surface area contributed by atoms with Gasteiger partial charge < -0.3 is 20.0 Å². The molecular formula is C34H51N5. The van der Waals surface area contributed by atoms with Gasteiger partial charge in [-0.15, -0.1) is 0 Å². The molecule has 3 heterocycles. The highest BCUT2D eigenvalue weighted by Gasteiger charge is 2.21. The number of hydrogen-bond donors (Lipinski definition) is 1. The van der Waals surface area contributed by atoms with Gasteiger partial charge in [-0.05, 0) is 94.0 Å². The van der Waals surface area contributed by atoms with Gasteiger partial charge in [0, 0.05) is 70.5 Å². The first kappa shape index (κ1) is 30.6. The van der Waals surface area contributed by atoms with E-state index in [0.717, 1.165) is 43.5 Å². The highest BCUT2D eigenvalue weighted by atomic mass is 15.2. The molecule has 0 amide bonds. The molecule has 2 aliphatic rings. The lowest BCUT2D eigenvalue weighted by Gasteiger charge is -2.34. The van der Waals surface area contributed by atoms with Crippen molar-refractivity contribution in [2.24, 2.45) is 5.92 Å². The van der Waals surface area contributed by atoms with Crippen LogP contribution in [0.5, 0.6) is 0 Å². The average molecular weight is 530 g/mol. The van der Waals surface area contributed by atoms with Crippen LogP contribution >= 0.6 is 0 Å². The summed E-state index contributed by atoms with van der Waals surface area (Å²) in [6, 6.07) is 8.58. The Morgan fingerprint density at radius 1 is 1.13 bits per heavy atom. The second-order valence-corrected chi connectivity index (χ2v) is 11.2. The molecule has 0 spiro atoms. The van der Waals surface area contributed by atoms with Crippen molar-refractivity contribution < 1.29 is 0 Å². The third kappa shape index (κ3) is 9.36. The van der Waals surface area contributed by atoms with Crippen molar-refractivity contribution in [1.82, 2.24) is 15.2 Å². The van der Waals surface area contributed by atoms with Crippen LogP contribution in [0.15, 0.2) is 48.7 Å². The maximum Gasteiger partial charge on any atom is 0.129 e. The van der Waals surface area contributed by atoms with Gasteiger partial charge in [-0.25, -0.2) is 4.98 Å². The number of nitrogens with zero attached hydrogens (tertiary/aromatic N) is 4. The third-order valence-corrected chi connectivity index (χ3v) is 7.78. The molecule has 39 heavy (non-hydrogen) atoms. The van der Waals surface area contributed by atoms with E-state index in [1.165, 1.54) is 66.1 Å². The second kappa shape index (κ2) is 15.6. The Balaban J connectivity index is 0.000000242. The summed E-state index contributed by atoms with van der Waals surface area (Å²) in [5, 5.41) is 5.94. The molecule has 1 aromatic carbocycles. The molecule has 2 aliphatic heterocycles. The van der Waals surface area contributed by atoms with Crippen molar-refractivity contribution in [1.29, 1.82) is 0 Å². The average Bonchev–Trinajstić information content (AvgIpc) is 2.94. The molecule has 2 saturated heterocycles. The highest BCUT2D eigenvalue weighted by Crippen LogP contribution is 2.26. The van der Waals surface area contributed by atoms with E-state index in [2.05, 4.69) is 115 Å². The lowest BCUT2D eigenvalue weighted by atomic mass is 9.93. The summed E-state index contributed by atoms with van der Waals surface area (Å²) >= 11 is 0. The summed E-state index contributed by atoms with van der Waals surface area (Å²) in [6.07, 6.45) is 14.5. The topological polar surface area (TPSA) is 34.6 Å². The number of nitrogens with one attached hydrogen (secondary N) is 1. The van der Waals surface area contributed by atoms with Crippen LogP contribution < -0.4 is 25.6 Å². The molecule has 4 rings (SSSR count). The van der Waals surface area contributed by atoms with Gasteiger partial charge in [0.1, 0.15) is 5.82 Å². The van der Waals surface area contributed by atoms with E-state index in [1.54, 1.807) is 0 Å². The van der Waals surface area contributed by atoms with Gasteiger partial charge in [-0.2, -0.15) is 0 Å². The number of allylic oxidation sites excluding steroid dienone is 2. The van der Waals surface area contributed by atoms with Crippen LogP contribution in [0.2, 0.25) is 0 Å². The normalized spacial score (nSPS) is 17.8. The number of benzene rings is 1. The Kier molecular flexibility index (Phi) is 12.3. The van der Waals surface area contributed by atoms with Gasteiger partial charge in [0.25, 0.3) is 0 Å². The van der Waals surface area contributed by atoms with Crippen LogP contribution in [0.25, 0.3) is 18.2 Å². The lowest BCUT2D eigenvalue weighted by molar-refractivity contribution is 0.215. The molecule has 2 fully saturated rings. The molecule has 0 saturated carbocycles. The van der Waals surface area contributed by atoms with Crippen LogP contribution in [0.1, 0.15) is 51.2 Å². The molecule has 0 bridgehead atoms. The van der Waals surface area contributed by atoms with Crippen molar-refractivity contribution in [3.05, 3.63) is 70.3 Å². The van der Waals surface area contributed by atoms with Crippen molar-refractivity contribution in [3.63, 3.8) is 0 Å². The largest absolute Gasteiger partial charge is 0.377 e. The van der Waals surface area contributed by atoms with Crippen LogP contribution in [0.4, 0.5) is 11.5 Å². The van der Waals surface area contributed by atoms with E-state index < -0.39 is 0 Å². The summed E-state index contributed by atoms with van der Waals surface area (Å²) < 4.78 is 0. The first-order valence-corrected chi connectivity index (χ1v) is 14.7. The summed E-state index contributed by atoms with van der Waals surface area (Å²) in [6.45, 7) is 20.6. The van der Waals surface area contributed by atoms with Gasteiger partial charge in [0.15, 0.2) is 0 Å². The fourth-order valence-corrected chi connectivity index (χ4v) is 5.43. The highest BCUT2D eigenvalue weighted by molar-refractivity contribution is 5.58. The quantitative estimate of drug-likeness (QED) is 0.555. The van der Waals surface area contributed by atoms with Crippen LogP contribution in [-0.4, -0.2) is 69.8 Å². The van der Waals surface area contributed by atoms with Gasteiger partial charge in [0.2, 0.25) is 0 Å². The predicted octanol–water partition coefficient (Wildman–Crippen LogP) is 4.84. The number of piperidine rings is 1. The van der Waals surface area contributed by atoms with Gasteiger partial charge in [-0.1, -0.05) is 42.5 Å². The van der Waals surface area contributed by atoms with E-state index >= 15 is 0 Å². The zero-order valence-corrected chi connectivity index (χ0v) is 25.3. The SMILES string of the molecule is C/C=C\c1cc(N2CCC(CCN3CCNCC3)CC2)ncc1C.C=C(C)/C=c1/c(N(C)C)ccc/c1=C/C. The van der Waals surface area contributed by atoms with Crippen LogP contribution in [0, 0.1) is 12.8 Å². The zero-order chi connectivity index (χ0) is 28.2. The zero-order valence-electron chi connectivity index (χ0n) is 25.3. The molecule has 212 valence electrons. The first-order valence-electron chi connectivity index (χ1n) is 14.7. The number of aromatic nitrogens is 1. The molecule has 0 unspecified atom stereocenters. The Hall–Kier alpha value is -2.89. The lowest BCUT2D eigenvalue weighted by Crippen LogP contribution is -2.44. The number of hydrogen-bond acceptors (Lipinski definition) is 5. The van der Waals surface area contributed by atoms with Crippen LogP contribution in [-0.2, 0) is 0 Å².